The summed E-state index contributed by atoms with van der Waals surface area (Å²) in [5.41, 5.74) is 6.99. The number of halogens is 2. The summed E-state index contributed by atoms with van der Waals surface area (Å²) < 4.78 is 11.5. The van der Waals surface area contributed by atoms with Crippen LogP contribution in [-0.4, -0.2) is 37.0 Å². The normalized spacial score (nSPS) is 17.3. The average molecular weight is 338 g/mol. The molecule has 1 aromatic rings. The highest BCUT2D eigenvalue weighted by Gasteiger charge is 2.38. The second kappa shape index (κ2) is 6.74. The molecule has 1 aliphatic heterocycles. The maximum absolute atomic E-state index is 9.85. The van der Waals surface area contributed by atoms with Crippen molar-refractivity contribution in [3.8, 4) is 5.75 Å². The maximum Gasteiger partial charge on any atom is 0.495 e. The van der Waals surface area contributed by atoms with E-state index in [4.69, 9.17) is 20.2 Å². The van der Waals surface area contributed by atoms with Crippen LogP contribution in [-0.2, 0) is 4.65 Å². The van der Waals surface area contributed by atoms with Gasteiger partial charge in [-0.05, 0) is 17.7 Å². The van der Waals surface area contributed by atoms with E-state index in [1.54, 1.807) is 6.07 Å². The van der Waals surface area contributed by atoms with Gasteiger partial charge in [-0.15, -0.1) is 12.4 Å². The molecule has 1 aromatic carbocycles. The molecule has 1 atom stereocenters. The maximum atomic E-state index is 9.85. The number of aliphatic hydroxyl groups excluding tert-OH is 1. The van der Waals surface area contributed by atoms with Gasteiger partial charge in [0.1, 0.15) is 12.4 Å². The summed E-state index contributed by atoms with van der Waals surface area (Å²) in [6.07, 6.45) is -0.341. The van der Waals surface area contributed by atoms with Crippen molar-refractivity contribution in [1.82, 2.24) is 0 Å². The molecule has 1 aliphatic rings. The highest BCUT2D eigenvalue weighted by atomic mass is 79.9. The van der Waals surface area contributed by atoms with Crippen LogP contribution < -0.4 is 15.9 Å². The van der Waals surface area contributed by atoms with Gasteiger partial charge in [-0.25, -0.2) is 0 Å². The lowest BCUT2D eigenvalue weighted by atomic mass is 9.78. The van der Waals surface area contributed by atoms with Crippen LogP contribution in [0.4, 0.5) is 0 Å². The first-order valence-electron chi connectivity index (χ1n) is 5.28. The molecule has 8 heteroatoms. The molecule has 0 aromatic heterocycles. The lowest BCUT2D eigenvalue weighted by molar-refractivity contribution is 0.196. The van der Waals surface area contributed by atoms with Crippen molar-refractivity contribution >= 4 is 40.9 Å². The van der Waals surface area contributed by atoms with Gasteiger partial charge in [-0.1, -0.05) is 15.9 Å². The van der Waals surface area contributed by atoms with Gasteiger partial charge in [0.2, 0.25) is 0 Å². The fourth-order valence-corrected chi connectivity index (χ4v) is 2.52. The molecule has 2 rings (SSSR count). The fourth-order valence-electron chi connectivity index (χ4n) is 1.92. The standard InChI is InChI=1S/C10H13BBrNO4.ClH/c12-6-1-2-7(16-4-3-14)10-9(6)8(5-13)17-11(10)15;/h1-2,8,14-15H,3-5,13H2;1H/t8-;/m0./s1. The number of rotatable bonds is 4. The Balaban J connectivity index is 0.00000162. The Hall–Kier alpha value is -0.305. The summed E-state index contributed by atoms with van der Waals surface area (Å²) in [7, 11) is -1.04. The van der Waals surface area contributed by atoms with Crippen molar-refractivity contribution in [1.29, 1.82) is 0 Å². The summed E-state index contributed by atoms with van der Waals surface area (Å²) in [5, 5.41) is 18.6. The van der Waals surface area contributed by atoms with E-state index in [1.165, 1.54) is 0 Å². The number of fused-ring (bicyclic) bond motifs is 1. The Morgan fingerprint density at radius 3 is 2.83 bits per heavy atom. The van der Waals surface area contributed by atoms with Crippen molar-refractivity contribution in [2.75, 3.05) is 19.8 Å². The highest BCUT2D eigenvalue weighted by Crippen LogP contribution is 2.33. The molecule has 0 saturated carbocycles. The molecule has 0 amide bonds. The molecule has 5 nitrogen and oxygen atoms in total. The van der Waals surface area contributed by atoms with E-state index in [9.17, 15) is 5.02 Å². The zero-order chi connectivity index (χ0) is 12.4. The van der Waals surface area contributed by atoms with E-state index in [1.807, 2.05) is 6.07 Å². The van der Waals surface area contributed by atoms with Crippen LogP contribution in [0.5, 0.6) is 5.75 Å². The molecule has 0 saturated heterocycles. The van der Waals surface area contributed by atoms with Crippen LogP contribution in [0, 0.1) is 0 Å². The smallest absolute Gasteiger partial charge is 0.492 e. The van der Waals surface area contributed by atoms with Gasteiger partial charge in [-0.3, -0.25) is 0 Å². The van der Waals surface area contributed by atoms with Gasteiger partial charge >= 0.3 is 7.12 Å². The monoisotopic (exact) mass is 337 g/mol. The Morgan fingerprint density at radius 2 is 2.22 bits per heavy atom. The lowest BCUT2D eigenvalue weighted by Crippen LogP contribution is -2.30. The molecular formula is C10H14BBrClNO4. The molecule has 0 bridgehead atoms. The van der Waals surface area contributed by atoms with E-state index in [-0.39, 0.29) is 38.3 Å². The third kappa shape index (κ3) is 2.82. The van der Waals surface area contributed by atoms with Crippen LogP contribution in [0.15, 0.2) is 16.6 Å². The first-order valence-corrected chi connectivity index (χ1v) is 6.08. The molecule has 0 aliphatic carbocycles. The van der Waals surface area contributed by atoms with Gasteiger partial charge in [-0.2, -0.15) is 0 Å². The summed E-state index contributed by atoms with van der Waals surface area (Å²) >= 11 is 3.41. The number of benzene rings is 1. The van der Waals surface area contributed by atoms with Crippen LogP contribution in [0.3, 0.4) is 0 Å². The van der Waals surface area contributed by atoms with Gasteiger partial charge in [0.25, 0.3) is 0 Å². The van der Waals surface area contributed by atoms with Crippen molar-refractivity contribution in [2.24, 2.45) is 5.73 Å². The third-order valence-corrected chi connectivity index (χ3v) is 3.31. The number of aliphatic hydroxyl groups is 1. The second-order valence-electron chi connectivity index (χ2n) is 3.66. The Kier molecular flexibility index (Phi) is 5.90. The SMILES string of the molecule is Cl.NC[C@@H]1OB(O)c2c(OCCO)ccc(Br)c21. The molecule has 1 heterocycles. The second-order valence-corrected chi connectivity index (χ2v) is 4.51. The largest absolute Gasteiger partial charge is 0.495 e. The zero-order valence-electron chi connectivity index (χ0n) is 9.51. The molecular weight excluding hydrogens is 324 g/mol. The Morgan fingerprint density at radius 1 is 1.50 bits per heavy atom. The van der Waals surface area contributed by atoms with Crippen LogP contribution in [0.25, 0.3) is 0 Å². The number of hydrogen-bond donors (Lipinski definition) is 3. The molecule has 18 heavy (non-hydrogen) atoms. The minimum absolute atomic E-state index is 0. The minimum Gasteiger partial charge on any atom is -0.492 e. The van der Waals surface area contributed by atoms with E-state index >= 15 is 0 Å². The van der Waals surface area contributed by atoms with Crippen molar-refractivity contribution in [3.63, 3.8) is 0 Å². The third-order valence-electron chi connectivity index (χ3n) is 2.62. The molecule has 0 fully saturated rings. The van der Waals surface area contributed by atoms with E-state index in [2.05, 4.69) is 15.9 Å². The summed E-state index contributed by atoms with van der Waals surface area (Å²) in [6.45, 7) is 0.377. The van der Waals surface area contributed by atoms with E-state index in [0.717, 1.165) is 10.0 Å². The molecule has 100 valence electrons. The molecule has 4 N–H and O–H groups in total. The molecule has 0 spiro atoms. The van der Waals surface area contributed by atoms with Crippen LogP contribution in [0.2, 0.25) is 0 Å². The van der Waals surface area contributed by atoms with E-state index < -0.39 is 7.12 Å². The lowest BCUT2D eigenvalue weighted by Gasteiger charge is -2.12. The van der Waals surface area contributed by atoms with E-state index in [0.29, 0.717) is 11.2 Å². The average Bonchev–Trinajstić information content (AvgIpc) is 2.67. The highest BCUT2D eigenvalue weighted by molar-refractivity contribution is 9.10. The summed E-state index contributed by atoms with van der Waals surface area (Å²) in [6, 6.07) is 3.54. The van der Waals surface area contributed by atoms with Gasteiger partial charge in [0, 0.05) is 16.5 Å². The van der Waals surface area contributed by atoms with Gasteiger partial charge < -0.3 is 25.3 Å². The van der Waals surface area contributed by atoms with Crippen molar-refractivity contribution in [3.05, 3.63) is 22.2 Å². The first kappa shape index (κ1) is 15.8. The minimum atomic E-state index is -1.04. The number of hydrogen-bond acceptors (Lipinski definition) is 5. The summed E-state index contributed by atoms with van der Waals surface area (Å²) in [4.78, 5) is 0. The molecule has 0 unspecified atom stereocenters. The first-order chi connectivity index (χ1) is 8.19. The topological polar surface area (TPSA) is 84.9 Å². The molecule has 0 radical (unpaired) electrons. The Bertz CT molecular complexity index is 423. The van der Waals surface area contributed by atoms with Gasteiger partial charge in [0.05, 0.1) is 12.7 Å². The van der Waals surface area contributed by atoms with Crippen molar-refractivity contribution < 1.29 is 19.5 Å². The fraction of sp³-hybridized carbons (Fsp3) is 0.400. The van der Waals surface area contributed by atoms with Crippen LogP contribution in [0.1, 0.15) is 11.7 Å². The van der Waals surface area contributed by atoms with Crippen LogP contribution >= 0.6 is 28.3 Å². The Labute approximate surface area is 120 Å². The summed E-state index contributed by atoms with van der Waals surface area (Å²) in [5.74, 6) is 0.515. The number of ether oxygens (including phenoxy) is 1. The predicted octanol–water partition coefficient (Wildman–Crippen LogP) is -0.0405. The predicted molar refractivity (Wildman–Crippen MR) is 74.5 cm³/mol. The zero-order valence-corrected chi connectivity index (χ0v) is 11.9. The number of nitrogens with two attached hydrogens (primary N) is 1. The quantitative estimate of drug-likeness (QED) is 0.671. The van der Waals surface area contributed by atoms with Gasteiger partial charge in [0.15, 0.2) is 0 Å². The van der Waals surface area contributed by atoms with Crippen molar-refractivity contribution in [2.45, 2.75) is 6.10 Å².